The Morgan fingerprint density at radius 2 is 2.00 bits per heavy atom. The summed E-state index contributed by atoms with van der Waals surface area (Å²) < 4.78 is 2.14. The Morgan fingerprint density at radius 3 is 2.81 bits per heavy atom. The van der Waals surface area contributed by atoms with Crippen LogP contribution in [0.4, 0.5) is 0 Å². The van der Waals surface area contributed by atoms with Crippen LogP contribution in [0.25, 0.3) is 28.1 Å². The molecule has 0 spiro atoms. The van der Waals surface area contributed by atoms with E-state index >= 15 is 0 Å². The number of benzene rings is 1. The van der Waals surface area contributed by atoms with Gasteiger partial charge in [0.15, 0.2) is 5.82 Å². The number of hydrogen-bond donors (Lipinski definition) is 1. The predicted molar refractivity (Wildman–Crippen MR) is 107 cm³/mol. The van der Waals surface area contributed by atoms with Crippen molar-refractivity contribution in [3.05, 3.63) is 60.7 Å². The number of pyridine rings is 1. The Balaban J connectivity index is 1.51. The van der Waals surface area contributed by atoms with Crippen molar-refractivity contribution >= 4 is 11.0 Å². The molecule has 5 nitrogen and oxygen atoms in total. The molecule has 1 aliphatic rings. The van der Waals surface area contributed by atoms with Gasteiger partial charge in [-0.05, 0) is 54.5 Å². The van der Waals surface area contributed by atoms with Gasteiger partial charge in [0.25, 0.3) is 0 Å². The smallest absolute Gasteiger partial charge is 0.155 e. The Labute approximate surface area is 158 Å². The summed E-state index contributed by atoms with van der Waals surface area (Å²) in [6.07, 6.45) is 11.2. The minimum Gasteiger partial charge on any atom is -0.301 e. The van der Waals surface area contributed by atoms with E-state index in [1.807, 2.05) is 12.1 Å². The first kappa shape index (κ1) is 16.2. The summed E-state index contributed by atoms with van der Waals surface area (Å²) in [5, 5.41) is 8.06. The van der Waals surface area contributed by atoms with Crippen molar-refractivity contribution in [2.75, 3.05) is 0 Å². The maximum absolute atomic E-state index is 4.83. The van der Waals surface area contributed by atoms with E-state index in [0.29, 0.717) is 5.92 Å². The Hall–Kier alpha value is -2.95. The van der Waals surface area contributed by atoms with Gasteiger partial charge in [-0.25, -0.2) is 9.97 Å². The van der Waals surface area contributed by atoms with Crippen LogP contribution >= 0.6 is 0 Å². The van der Waals surface area contributed by atoms with Crippen LogP contribution in [0.15, 0.2) is 55.1 Å². The molecule has 0 radical (unpaired) electrons. The van der Waals surface area contributed by atoms with E-state index in [4.69, 9.17) is 4.98 Å². The van der Waals surface area contributed by atoms with E-state index in [2.05, 4.69) is 63.3 Å². The lowest BCUT2D eigenvalue weighted by molar-refractivity contribution is 0.460. The average Bonchev–Trinajstić information content (AvgIpc) is 3.48. The minimum atomic E-state index is 0.586. The summed E-state index contributed by atoms with van der Waals surface area (Å²) in [5.41, 5.74) is 4.44. The second-order valence-electron chi connectivity index (χ2n) is 7.58. The summed E-state index contributed by atoms with van der Waals surface area (Å²) in [6.45, 7) is 2.36. The van der Waals surface area contributed by atoms with E-state index in [1.165, 1.54) is 43.0 Å². The molecule has 1 unspecified atom stereocenters. The first-order chi connectivity index (χ1) is 13.3. The fourth-order valence-corrected chi connectivity index (χ4v) is 4.38. The molecule has 4 aromatic rings. The number of fused-ring (bicyclic) bond motifs is 1. The number of nitrogens with one attached hydrogen (secondary N) is 1. The van der Waals surface area contributed by atoms with E-state index < -0.39 is 0 Å². The van der Waals surface area contributed by atoms with Crippen molar-refractivity contribution < 1.29 is 0 Å². The molecule has 136 valence electrons. The largest absolute Gasteiger partial charge is 0.301 e. The third-order valence-electron chi connectivity index (χ3n) is 5.99. The lowest BCUT2D eigenvalue weighted by Crippen LogP contribution is -2.06. The van der Waals surface area contributed by atoms with Gasteiger partial charge in [-0.15, -0.1) is 0 Å². The van der Waals surface area contributed by atoms with Crippen molar-refractivity contribution in [3.8, 4) is 17.1 Å². The van der Waals surface area contributed by atoms with E-state index in [0.717, 1.165) is 28.6 Å². The average molecular weight is 357 g/mol. The highest BCUT2D eigenvalue weighted by atomic mass is 15.2. The SMILES string of the molecule is CC(c1cnc2c(ccn2-c2cccc(-c3ncn[nH]3)c2)c1)C1CCCC1. The van der Waals surface area contributed by atoms with Crippen LogP contribution in [0.3, 0.4) is 0 Å². The molecule has 0 aliphatic heterocycles. The summed E-state index contributed by atoms with van der Waals surface area (Å²) in [4.78, 5) is 9.08. The second kappa shape index (κ2) is 6.65. The third kappa shape index (κ3) is 2.93. The topological polar surface area (TPSA) is 59.4 Å². The van der Waals surface area contributed by atoms with Crippen LogP contribution in [0, 0.1) is 5.92 Å². The maximum atomic E-state index is 4.83. The molecule has 1 saturated carbocycles. The fourth-order valence-electron chi connectivity index (χ4n) is 4.38. The van der Waals surface area contributed by atoms with Gasteiger partial charge in [0.2, 0.25) is 0 Å². The summed E-state index contributed by atoms with van der Waals surface area (Å²) in [7, 11) is 0. The number of hydrogen-bond acceptors (Lipinski definition) is 3. The maximum Gasteiger partial charge on any atom is 0.155 e. The zero-order valence-corrected chi connectivity index (χ0v) is 15.5. The number of aromatic nitrogens is 5. The van der Waals surface area contributed by atoms with Gasteiger partial charge in [0.05, 0.1) is 0 Å². The zero-order chi connectivity index (χ0) is 18.2. The molecule has 5 rings (SSSR count). The molecule has 0 amide bonds. The monoisotopic (exact) mass is 357 g/mol. The quantitative estimate of drug-likeness (QED) is 0.552. The van der Waals surface area contributed by atoms with Crippen molar-refractivity contribution in [1.29, 1.82) is 0 Å². The highest BCUT2D eigenvalue weighted by molar-refractivity contribution is 5.79. The minimum absolute atomic E-state index is 0.586. The molecule has 1 fully saturated rings. The van der Waals surface area contributed by atoms with Crippen LogP contribution in [-0.2, 0) is 0 Å². The Kier molecular flexibility index (Phi) is 4.00. The normalized spacial score (nSPS) is 16.2. The van der Waals surface area contributed by atoms with Crippen molar-refractivity contribution in [1.82, 2.24) is 24.7 Å². The van der Waals surface area contributed by atoms with Gasteiger partial charge < -0.3 is 4.57 Å². The molecule has 1 aromatic carbocycles. The van der Waals surface area contributed by atoms with Crippen molar-refractivity contribution in [2.45, 2.75) is 38.5 Å². The molecule has 3 heterocycles. The Bertz CT molecular complexity index is 1060. The number of rotatable bonds is 4. The van der Waals surface area contributed by atoms with Crippen LogP contribution in [0.5, 0.6) is 0 Å². The lowest BCUT2D eigenvalue weighted by atomic mass is 9.87. The summed E-state index contributed by atoms with van der Waals surface area (Å²) in [5.74, 6) is 2.17. The standard InChI is InChI=1S/C22H23N5/c1-15(16-5-2-3-6-16)19-11-18-9-10-27(22(18)23-13-19)20-8-4-7-17(12-20)21-24-14-25-26-21/h4,7-16H,2-3,5-6H2,1H3,(H,24,25,26). The van der Waals surface area contributed by atoms with Crippen molar-refractivity contribution in [2.24, 2.45) is 5.92 Å². The summed E-state index contributed by atoms with van der Waals surface area (Å²) >= 11 is 0. The van der Waals surface area contributed by atoms with Crippen molar-refractivity contribution in [3.63, 3.8) is 0 Å². The van der Waals surface area contributed by atoms with Gasteiger partial charge in [-0.2, -0.15) is 5.10 Å². The second-order valence-corrected chi connectivity index (χ2v) is 7.58. The molecular formula is C22H23N5. The molecule has 1 atom stereocenters. The number of aromatic amines is 1. The molecule has 27 heavy (non-hydrogen) atoms. The number of nitrogens with zero attached hydrogens (tertiary/aromatic N) is 4. The summed E-state index contributed by atoms with van der Waals surface area (Å²) in [6, 6.07) is 12.8. The van der Waals surface area contributed by atoms with Crippen LogP contribution in [0.1, 0.15) is 44.1 Å². The molecule has 3 aromatic heterocycles. The van der Waals surface area contributed by atoms with Crippen LogP contribution in [-0.4, -0.2) is 24.7 Å². The van der Waals surface area contributed by atoms with E-state index in [-0.39, 0.29) is 0 Å². The predicted octanol–water partition coefficient (Wildman–Crippen LogP) is 5.10. The molecular weight excluding hydrogens is 334 g/mol. The molecule has 0 bridgehead atoms. The number of H-pyrrole nitrogens is 1. The van der Waals surface area contributed by atoms with Gasteiger partial charge in [0.1, 0.15) is 12.0 Å². The molecule has 5 heteroatoms. The van der Waals surface area contributed by atoms with Crippen LogP contribution in [0.2, 0.25) is 0 Å². The van der Waals surface area contributed by atoms with Crippen LogP contribution < -0.4 is 0 Å². The fraction of sp³-hybridized carbons (Fsp3) is 0.318. The first-order valence-corrected chi connectivity index (χ1v) is 9.73. The first-order valence-electron chi connectivity index (χ1n) is 9.73. The highest BCUT2D eigenvalue weighted by Gasteiger charge is 2.23. The molecule has 1 aliphatic carbocycles. The van der Waals surface area contributed by atoms with Gasteiger partial charge in [0, 0.05) is 29.0 Å². The molecule has 1 N–H and O–H groups in total. The Morgan fingerprint density at radius 1 is 1.11 bits per heavy atom. The lowest BCUT2D eigenvalue weighted by Gasteiger charge is -2.19. The van der Waals surface area contributed by atoms with Gasteiger partial charge >= 0.3 is 0 Å². The van der Waals surface area contributed by atoms with Gasteiger partial charge in [-0.1, -0.05) is 31.9 Å². The third-order valence-corrected chi connectivity index (χ3v) is 5.99. The molecule has 0 saturated heterocycles. The van der Waals surface area contributed by atoms with E-state index in [9.17, 15) is 0 Å². The van der Waals surface area contributed by atoms with E-state index in [1.54, 1.807) is 0 Å². The van der Waals surface area contributed by atoms with Gasteiger partial charge in [-0.3, -0.25) is 5.10 Å². The zero-order valence-electron chi connectivity index (χ0n) is 15.5. The highest BCUT2D eigenvalue weighted by Crippen LogP contribution is 2.37.